The van der Waals surface area contributed by atoms with Gasteiger partial charge in [-0.1, -0.05) is 13.3 Å². The Balaban J connectivity index is 2.66. The Morgan fingerprint density at radius 3 is 3.08 bits per heavy atom. The van der Waals surface area contributed by atoms with Crippen molar-refractivity contribution in [2.75, 3.05) is 0 Å². The van der Waals surface area contributed by atoms with E-state index in [0.717, 1.165) is 0 Å². The van der Waals surface area contributed by atoms with Crippen molar-refractivity contribution in [3.05, 3.63) is 36.7 Å². The van der Waals surface area contributed by atoms with Crippen LogP contribution in [-0.2, 0) is 6.42 Å². The Kier molecular flexibility index (Phi) is 3.52. The van der Waals surface area contributed by atoms with Crippen molar-refractivity contribution in [3.8, 4) is 0 Å². The van der Waals surface area contributed by atoms with Crippen LogP contribution in [0.3, 0.4) is 0 Å². The van der Waals surface area contributed by atoms with Gasteiger partial charge in [-0.2, -0.15) is 4.57 Å². The first kappa shape index (κ1) is 8.98. The number of hydrogen-bond acceptors (Lipinski definition) is 0. The van der Waals surface area contributed by atoms with Crippen molar-refractivity contribution < 1.29 is 4.57 Å². The molecule has 0 saturated carbocycles. The summed E-state index contributed by atoms with van der Waals surface area (Å²) in [6, 6.07) is 4.22. The van der Waals surface area contributed by atoms with Crippen LogP contribution in [0.25, 0.3) is 6.20 Å². The minimum absolute atomic E-state index is 1.17. The summed E-state index contributed by atoms with van der Waals surface area (Å²) in [6.07, 6.45) is 9.63. The molecule has 0 unspecified atom stereocenters. The minimum Gasteiger partial charge on any atom is -0.174 e. The molecule has 1 rings (SSSR count). The van der Waals surface area contributed by atoms with Crippen molar-refractivity contribution >= 4 is 6.20 Å². The fraction of sp³-hybridized carbons (Fsp3) is 0.364. The van der Waals surface area contributed by atoms with Crippen LogP contribution in [0.15, 0.2) is 31.1 Å². The highest BCUT2D eigenvalue weighted by Gasteiger charge is 1.97. The van der Waals surface area contributed by atoms with Gasteiger partial charge in [0.05, 0.1) is 0 Å². The number of nitrogens with zero attached hydrogens (tertiary/aromatic N) is 1. The van der Waals surface area contributed by atoms with Crippen LogP contribution < -0.4 is 4.57 Å². The Labute approximate surface area is 74.4 Å². The largest absolute Gasteiger partial charge is 0.177 e. The average molecular weight is 162 g/mol. The van der Waals surface area contributed by atoms with Gasteiger partial charge in [-0.3, -0.25) is 0 Å². The summed E-state index contributed by atoms with van der Waals surface area (Å²) in [5.74, 6) is 0. The normalized spacial score (nSPS) is 9.75. The Bertz CT molecular complexity index is 253. The molecule has 0 aliphatic carbocycles. The standard InChI is InChI=1S/C11H16N/c1-3-5-7-11-8-6-9-12(4-2)10-11/h4,6,8-10H,2-3,5,7H2,1H3/q+1. The maximum Gasteiger partial charge on any atom is 0.177 e. The zero-order valence-electron chi connectivity index (χ0n) is 7.66. The van der Waals surface area contributed by atoms with Crippen molar-refractivity contribution in [1.29, 1.82) is 0 Å². The number of pyridine rings is 1. The molecular weight excluding hydrogens is 146 g/mol. The molecule has 64 valence electrons. The Hall–Kier alpha value is -1.11. The molecule has 0 saturated heterocycles. The van der Waals surface area contributed by atoms with Crippen molar-refractivity contribution in [2.24, 2.45) is 0 Å². The van der Waals surface area contributed by atoms with Gasteiger partial charge in [0, 0.05) is 11.6 Å². The highest BCUT2D eigenvalue weighted by atomic mass is 14.9. The lowest BCUT2D eigenvalue weighted by Gasteiger charge is -1.95. The molecular formula is C11H16N+. The molecule has 0 atom stereocenters. The SMILES string of the molecule is C=C[n+]1cccc(CCCC)c1. The molecule has 1 aromatic rings. The van der Waals surface area contributed by atoms with Gasteiger partial charge < -0.3 is 0 Å². The lowest BCUT2D eigenvalue weighted by Crippen LogP contribution is -2.24. The summed E-state index contributed by atoms with van der Waals surface area (Å²) in [4.78, 5) is 0. The molecule has 1 nitrogen and oxygen atoms in total. The van der Waals surface area contributed by atoms with E-state index in [2.05, 4.69) is 31.8 Å². The molecule has 1 aromatic heterocycles. The summed E-state index contributed by atoms with van der Waals surface area (Å²) >= 11 is 0. The maximum absolute atomic E-state index is 3.72. The molecule has 0 aliphatic heterocycles. The highest BCUT2D eigenvalue weighted by Crippen LogP contribution is 2.01. The predicted molar refractivity (Wildman–Crippen MR) is 51.6 cm³/mol. The molecule has 0 fully saturated rings. The van der Waals surface area contributed by atoms with Gasteiger partial charge in [0.2, 0.25) is 0 Å². The first-order valence-electron chi connectivity index (χ1n) is 4.49. The van der Waals surface area contributed by atoms with Gasteiger partial charge in [0.1, 0.15) is 0 Å². The molecule has 0 amide bonds. The van der Waals surface area contributed by atoms with E-state index in [-0.39, 0.29) is 0 Å². The monoisotopic (exact) mass is 162 g/mol. The van der Waals surface area contributed by atoms with Crippen LogP contribution in [-0.4, -0.2) is 0 Å². The van der Waals surface area contributed by atoms with Crippen LogP contribution in [0.2, 0.25) is 0 Å². The van der Waals surface area contributed by atoms with Crippen LogP contribution in [0.1, 0.15) is 25.3 Å². The molecule has 0 bridgehead atoms. The summed E-state index contributed by atoms with van der Waals surface area (Å²) in [5, 5.41) is 0. The van der Waals surface area contributed by atoms with E-state index in [1.807, 2.05) is 17.0 Å². The number of aromatic nitrogens is 1. The second-order valence-corrected chi connectivity index (χ2v) is 2.95. The topological polar surface area (TPSA) is 3.88 Å². The zero-order chi connectivity index (χ0) is 8.81. The Morgan fingerprint density at radius 1 is 1.58 bits per heavy atom. The second kappa shape index (κ2) is 4.70. The van der Waals surface area contributed by atoms with E-state index >= 15 is 0 Å². The summed E-state index contributed by atoms with van der Waals surface area (Å²) in [6.45, 7) is 5.93. The van der Waals surface area contributed by atoms with Gasteiger partial charge in [-0.05, 0) is 25.5 Å². The smallest absolute Gasteiger partial charge is 0.174 e. The van der Waals surface area contributed by atoms with Crippen molar-refractivity contribution in [3.63, 3.8) is 0 Å². The van der Waals surface area contributed by atoms with Crippen LogP contribution in [0.4, 0.5) is 0 Å². The number of rotatable bonds is 4. The molecule has 0 N–H and O–H groups in total. The molecule has 1 heterocycles. The third-order valence-corrected chi connectivity index (χ3v) is 1.91. The fourth-order valence-electron chi connectivity index (χ4n) is 1.19. The van der Waals surface area contributed by atoms with Crippen LogP contribution >= 0.6 is 0 Å². The predicted octanol–water partition coefficient (Wildman–Crippen LogP) is 2.42. The van der Waals surface area contributed by atoms with E-state index in [4.69, 9.17) is 0 Å². The van der Waals surface area contributed by atoms with E-state index < -0.39 is 0 Å². The van der Waals surface area contributed by atoms with E-state index in [9.17, 15) is 0 Å². The zero-order valence-corrected chi connectivity index (χ0v) is 7.66. The third-order valence-electron chi connectivity index (χ3n) is 1.91. The van der Waals surface area contributed by atoms with Gasteiger partial charge in [-0.15, -0.1) is 0 Å². The van der Waals surface area contributed by atoms with Crippen molar-refractivity contribution in [2.45, 2.75) is 26.2 Å². The fourth-order valence-corrected chi connectivity index (χ4v) is 1.19. The number of hydrogen-bond donors (Lipinski definition) is 0. The number of unbranched alkanes of at least 4 members (excludes halogenated alkanes) is 1. The average Bonchev–Trinajstić information content (AvgIpc) is 2.15. The van der Waals surface area contributed by atoms with Gasteiger partial charge >= 0.3 is 0 Å². The molecule has 1 heteroatoms. The number of aryl methyl sites for hydroxylation is 1. The third kappa shape index (κ3) is 2.50. The van der Waals surface area contributed by atoms with Gasteiger partial charge in [-0.25, -0.2) is 0 Å². The van der Waals surface area contributed by atoms with Crippen LogP contribution in [0.5, 0.6) is 0 Å². The Morgan fingerprint density at radius 2 is 2.42 bits per heavy atom. The van der Waals surface area contributed by atoms with E-state index in [1.165, 1.54) is 24.8 Å². The molecule has 0 spiro atoms. The van der Waals surface area contributed by atoms with Gasteiger partial charge in [0.15, 0.2) is 18.6 Å². The molecule has 0 radical (unpaired) electrons. The van der Waals surface area contributed by atoms with Crippen molar-refractivity contribution in [1.82, 2.24) is 0 Å². The summed E-state index contributed by atoms with van der Waals surface area (Å²) < 4.78 is 1.99. The summed E-state index contributed by atoms with van der Waals surface area (Å²) in [5.41, 5.74) is 1.39. The second-order valence-electron chi connectivity index (χ2n) is 2.95. The minimum atomic E-state index is 1.17. The quantitative estimate of drug-likeness (QED) is 0.599. The maximum atomic E-state index is 3.72. The molecule has 0 aromatic carbocycles. The van der Waals surface area contributed by atoms with Gasteiger partial charge in [0.25, 0.3) is 0 Å². The first-order valence-corrected chi connectivity index (χ1v) is 4.49. The highest BCUT2D eigenvalue weighted by molar-refractivity contribution is 5.08. The molecule has 0 aliphatic rings. The summed E-state index contributed by atoms with van der Waals surface area (Å²) in [7, 11) is 0. The van der Waals surface area contributed by atoms with E-state index in [0.29, 0.717) is 0 Å². The van der Waals surface area contributed by atoms with E-state index in [1.54, 1.807) is 0 Å². The van der Waals surface area contributed by atoms with Crippen LogP contribution in [0, 0.1) is 0 Å². The lowest BCUT2D eigenvalue weighted by molar-refractivity contribution is -0.568. The first-order chi connectivity index (χ1) is 5.86. The lowest BCUT2D eigenvalue weighted by atomic mass is 10.1. The molecule has 12 heavy (non-hydrogen) atoms.